The maximum Gasteiger partial charge on any atom is 0.241 e. The minimum Gasteiger partial charge on any atom is -0.316 e. The highest BCUT2D eigenvalue weighted by atomic mass is 32.2. The molecule has 6 heteroatoms. The van der Waals surface area contributed by atoms with Gasteiger partial charge in [0.25, 0.3) is 0 Å². The van der Waals surface area contributed by atoms with E-state index in [0.29, 0.717) is 24.6 Å². The van der Waals surface area contributed by atoms with Crippen LogP contribution in [0.25, 0.3) is 0 Å². The number of rotatable bonds is 7. The minimum atomic E-state index is -3.66. The molecule has 2 saturated carbocycles. The maximum atomic E-state index is 13.4. The molecule has 0 atom stereocenters. The van der Waals surface area contributed by atoms with E-state index in [1.165, 1.54) is 25.0 Å². The molecule has 0 unspecified atom stereocenters. The number of hydrogen-bond donors (Lipinski definition) is 2. The summed E-state index contributed by atoms with van der Waals surface area (Å²) >= 11 is 0. The molecule has 0 spiro atoms. The van der Waals surface area contributed by atoms with Crippen LogP contribution in [0.3, 0.4) is 0 Å². The van der Waals surface area contributed by atoms with Gasteiger partial charge in [-0.2, -0.15) is 0 Å². The summed E-state index contributed by atoms with van der Waals surface area (Å²) in [5, 5.41) is 2.91. The van der Waals surface area contributed by atoms with Gasteiger partial charge in [0.15, 0.2) is 0 Å². The van der Waals surface area contributed by atoms with Gasteiger partial charge in [0.05, 0.1) is 4.90 Å². The van der Waals surface area contributed by atoms with Crippen LogP contribution in [0.5, 0.6) is 0 Å². The second-order valence-electron chi connectivity index (χ2n) is 6.24. The number of nitrogens with one attached hydrogen (secondary N) is 2. The average Bonchev–Trinajstić information content (AvgIpc) is 3.31. The molecule has 0 radical (unpaired) electrons. The molecule has 1 aromatic carbocycles. The lowest BCUT2D eigenvalue weighted by Crippen LogP contribution is -2.32. The van der Waals surface area contributed by atoms with Crippen LogP contribution in [-0.4, -0.2) is 22.0 Å². The van der Waals surface area contributed by atoms with Crippen molar-refractivity contribution in [3.05, 3.63) is 29.6 Å². The van der Waals surface area contributed by atoms with E-state index >= 15 is 0 Å². The fraction of sp³-hybridized carbons (Fsp3) is 0.600. The molecular weight excluding hydrogens is 291 g/mol. The molecule has 116 valence electrons. The van der Waals surface area contributed by atoms with Crippen LogP contribution in [0.15, 0.2) is 23.1 Å². The van der Waals surface area contributed by atoms with E-state index in [2.05, 4.69) is 10.0 Å². The third-order valence-corrected chi connectivity index (χ3v) is 6.12. The monoisotopic (exact) mass is 312 g/mol. The van der Waals surface area contributed by atoms with Crippen molar-refractivity contribution in [2.45, 2.75) is 37.1 Å². The molecule has 2 aliphatic carbocycles. The summed E-state index contributed by atoms with van der Waals surface area (Å²) in [6, 6.07) is 3.91. The van der Waals surface area contributed by atoms with Crippen molar-refractivity contribution < 1.29 is 12.8 Å². The molecule has 0 saturated heterocycles. The summed E-state index contributed by atoms with van der Waals surface area (Å²) in [4.78, 5) is 0.0449. The van der Waals surface area contributed by atoms with Gasteiger partial charge in [-0.05, 0) is 61.8 Å². The Kier molecular flexibility index (Phi) is 3.80. The molecule has 2 aliphatic rings. The average molecular weight is 312 g/mol. The highest BCUT2D eigenvalue weighted by molar-refractivity contribution is 7.89. The van der Waals surface area contributed by atoms with E-state index in [-0.39, 0.29) is 10.3 Å². The van der Waals surface area contributed by atoms with Crippen molar-refractivity contribution in [2.75, 3.05) is 13.6 Å². The predicted octanol–water partition coefficient (Wildman–Crippen LogP) is 2.01. The second kappa shape index (κ2) is 5.34. The van der Waals surface area contributed by atoms with Crippen molar-refractivity contribution in [3.63, 3.8) is 0 Å². The van der Waals surface area contributed by atoms with E-state index in [1.54, 1.807) is 7.05 Å². The maximum absolute atomic E-state index is 13.4. The first kappa shape index (κ1) is 14.9. The van der Waals surface area contributed by atoms with Gasteiger partial charge in [-0.15, -0.1) is 0 Å². The number of sulfonamides is 1. The Labute approximate surface area is 125 Å². The van der Waals surface area contributed by atoms with Crippen molar-refractivity contribution in [1.29, 1.82) is 0 Å². The fourth-order valence-electron chi connectivity index (χ4n) is 3.02. The zero-order valence-electron chi connectivity index (χ0n) is 12.2. The van der Waals surface area contributed by atoms with Crippen molar-refractivity contribution in [1.82, 2.24) is 10.0 Å². The zero-order chi connectivity index (χ0) is 15.1. The second-order valence-corrected chi connectivity index (χ2v) is 7.98. The molecule has 0 aliphatic heterocycles. The molecule has 0 bridgehead atoms. The van der Waals surface area contributed by atoms with Gasteiger partial charge in [0.1, 0.15) is 5.82 Å². The van der Waals surface area contributed by atoms with Crippen LogP contribution in [0, 0.1) is 17.2 Å². The Bertz CT molecular complexity index is 637. The Balaban J connectivity index is 1.79. The van der Waals surface area contributed by atoms with E-state index in [1.807, 2.05) is 0 Å². The standard InChI is InChI=1S/C15H21FN2O2S/c1-17-9-11-2-5-13(16)8-14(11)21(19,20)18-10-15(6-7-15)12-3-4-12/h2,5,8,12,17-18H,3-4,6-7,9-10H2,1H3. The number of halogens is 1. The molecule has 0 amide bonds. The number of hydrogen-bond acceptors (Lipinski definition) is 3. The lowest BCUT2D eigenvalue weighted by atomic mass is 10.0. The van der Waals surface area contributed by atoms with Gasteiger partial charge >= 0.3 is 0 Å². The Morgan fingerprint density at radius 1 is 1.33 bits per heavy atom. The summed E-state index contributed by atoms with van der Waals surface area (Å²) < 4.78 is 41.1. The van der Waals surface area contributed by atoms with E-state index in [4.69, 9.17) is 0 Å². The third kappa shape index (κ3) is 3.12. The summed E-state index contributed by atoms with van der Waals surface area (Å²) in [6.07, 6.45) is 4.64. The molecule has 4 nitrogen and oxygen atoms in total. The van der Waals surface area contributed by atoms with Crippen LogP contribution in [0.4, 0.5) is 4.39 Å². The largest absolute Gasteiger partial charge is 0.316 e. The molecule has 3 rings (SSSR count). The summed E-state index contributed by atoms with van der Waals surface area (Å²) in [7, 11) is -1.93. The molecular formula is C15H21FN2O2S. The van der Waals surface area contributed by atoms with Crippen LogP contribution < -0.4 is 10.0 Å². The fourth-order valence-corrected chi connectivity index (χ4v) is 4.40. The highest BCUT2D eigenvalue weighted by Crippen LogP contribution is 2.60. The third-order valence-electron chi connectivity index (χ3n) is 4.64. The summed E-state index contributed by atoms with van der Waals surface area (Å²) in [5.41, 5.74) is 0.770. The first-order valence-corrected chi connectivity index (χ1v) is 8.88. The Morgan fingerprint density at radius 3 is 2.62 bits per heavy atom. The van der Waals surface area contributed by atoms with E-state index in [0.717, 1.165) is 18.9 Å². The van der Waals surface area contributed by atoms with Crippen molar-refractivity contribution in [2.24, 2.45) is 11.3 Å². The van der Waals surface area contributed by atoms with Crippen LogP contribution in [0.2, 0.25) is 0 Å². The quantitative estimate of drug-likeness (QED) is 0.810. The minimum absolute atomic E-state index is 0.0449. The van der Waals surface area contributed by atoms with Crippen LogP contribution >= 0.6 is 0 Å². The molecule has 1 aromatic rings. The number of benzene rings is 1. The lowest BCUT2D eigenvalue weighted by Gasteiger charge is -2.17. The SMILES string of the molecule is CNCc1ccc(F)cc1S(=O)(=O)NCC1(C2CC2)CC1. The van der Waals surface area contributed by atoms with Gasteiger partial charge in [-0.3, -0.25) is 0 Å². The van der Waals surface area contributed by atoms with Gasteiger partial charge in [0.2, 0.25) is 10.0 Å². The van der Waals surface area contributed by atoms with Gasteiger partial charge in [-0.25, -0.2) is 17.5 Å². The lowest BCUT2D eigenvalue weighted by molar-refractivity contribution is 0.431. The topological polar surface area (TPSA) is 58.2 Å². The van der Waals surface area contributed by atoms with Crippen LogP contribution in [0.1, 0.15) is 31.2 Å². The van der Waals surface area contributed by atoms with E-state index in [9.17, 15) is 12.8 Å². The van der Waals surface area contributed by atoms with Crippen molar-refractivity contribution >= 4 is 10.0 Å². The molecule has 2 N–H and O–H groups in total. The summed E-state index contributed by atoms with van der Waals surface area (Å²) in [6.45, 7) is 0.875. The molecule has 21 heavy (non-hydrogen) atoms. The Morgan fingerprint density at radius 2 is 2.05 bits per heavy atom. The zero-order valence-corrected chi connectivity index (χ0v) is 13.0. The van der Waals surface area contributed by atoms with Crippen molar-refractivity contribution in [3.8, 4) is 0 Å². The highest BCUT2D eigenvalue weighted by Gasteiger charge is 2.53. The normalized spacial score (nSPS) is 20.5. The first-order valence-electron chi connectivity index (χ1n) is 7.40. The first-order chi connectivity index (χ1) is 9.97. The van der Waals surface area contributed by atoms with Gasteiger partial charge < -0.3 is 5.32 Å². The summed E-state index contributed by atoms with van der Waals surface area (Å²) in [5.74, 6) is 0.156. The van der Waals surface area contributed by atoms with E-state index < -0.39 is 15.8 Å². The van der Waals surface area contributed by atoms with Gasteiger partial charge in [-0.1, -0.05) is 6.07 Å². The predicted molar refractivity (Wildman–Crippen MR) is 78.7 cm³/mol. The molecule has 2 fully saturated rings. The molecule has 0 aromatic heterocycles. The van der Waals surface area contributed by atoms with Crippen LogP contribution in [-0.2, 0) is 16.6 Å². The smallest absolute Gasteiger partial charge is 0.241 e. The Hall–Kier alpha value is -0.980. The van der Waals surface area contributed by atoms with Gasteiger partial charge in [0, 0.05) is 13.1 Å². The molecule has 0 heterocycles.